The van der Waals surface area contributed by atoms with Crippen LogP contribution in [0.5, 0.6) is 0 Å². The second-order valence-corrected chi connectivity index (χ2v) is 13.9. The predicted molar refractivity (Wildman–Crippen MR) is 174 cm³/mol. The van der Waals surface area contributed by atoms with E-state index in [0.717, 1.165) is 13.1 Å². The van der Waals surface area contributed by atoms with Gasteiger partial charge in [0.05, 0.1) is 37.8 Å². The SMILES string of the molecule is C[C@H](CO)N1C(=O)[C@H]2[C@@H]3C(=O)O[C@H](c4ccccc4)[C@@H](C)NC(=O)CC/C=C\CN(CCN4CCOCC4)C(=O)[C@H]1[C@@]21C=C(Br)[C@@H]3O1. The number of allylic oxidation sites excluding steroid dienone is 1. The lowest BCUT2D eigenvalue weighted by Crippen LogP contribution is -2.58. The number of cyclic esters (lactones) is 1. The van der Waals surface area contributed by atoms with Crippen molar-refractivity contribution in [1.29, 1.82) is 0 Å². The van der Waals surface area contributed by atoms with Gasteiger partial charge < -0.3 is 34.4 Å². The summed E-state index contributed by atoms with van der Waals surface area (Å²) >= 11 is 3.59. The molecule has 2 N–H and O–H groups in total. The maximum Gasteiger partial charge on any atom is 0.313 e. The van der Waals surface area contributed by atoms with Gasteiger partial charge >= 0.3 is 5.97 Å². The Hall–Kier alpha value is -3.10. The van der Waals surface area contributed by atoms with Crippen molar-refractivity contribution in [3.05, 3.63) is 58.6 Å². The molecule has 0 unspecified atom stereocenters. The van der Waals surface area contributed by atoms with Crippen LogP contribution in [0.25, 0.3) is 0 Å². The number of hydrogen-bond acceptors (Lipinski definition) is 9. The molecular formula is C34H43BrN4O8. The number of nitrogens with zero attached hydrogens (tertiary/aromatic N) is 3. The van der Waals surface area contributed by atoms with Crippen LogP contribution in [0.4, 0.5) is 0 Å². The fourth-order valence-corrected chi connectivity index (χ4v) is 8.30. The van der Waals surface area contributed by atoms with E-state index < -0.39 is 59.6 Å². The first-order valence-corrected chi connectivity index (χ1v) is 17.2. The molecule has 8 atom stereocenters. The Kier molecular flexibility index (Phi) is 10.2. The number of hydrogen-bond donors (Lipinski definition) is 2. The molecule has 47 heavy (non-hydrogen) atoms. The van der Waals surface area contributed by atoms with Gasteiger partial charge in [0.1, 0.15) is 29.8 Å². The molecule has 0 aromatic heterocycles. The van der Waals surface area contributed by atoms with E-state index in [2.05, 4.69) is 26.1 Å². The number of aliphatic hydroxyl groups is 1. The molecule has 0 aliphatic carbocycles. The minimum atomic E-state index is -1.44. The van der Waals surface area contributed by atoms with Crippen molar-refractivity contribution in [1.82, 2.24) is 20.0 Å². The molecule has 5 aliphatic rings. The number of carbonyl (C=O) groups is 4. The van der Waals surface area contributed by atoms with Crippen molar-refractivity contribution in [2.45, 2.75) is 62.6 Å². The van der Waals surface area contributed by atoms with E-state index in [1.807, 2.05) is 42.5 Å². The Labute approximate surface area is 283 Å². The summed E-state index contributed by atoms with van der Waals surface area (Å²) < 4.78 is 18.8. The zero-order chi connectivity index (χ0) is 33.3. The van der Waals surface area contributed by atoms with Gasteiger partial charge in [0.2, 0.25) is 17.7 Å². The molecule has 254 valence electrons. The Morgan fingerprint density at radius 1 is 1.04 bits per heavy atom. The van der Waals surface area contributed by atoms with Crippen LogP contribution in [0.2, 0.25) is 0 Å². The molecule has 3 fully saturated rings. The smallest absolute Gasteiger partial charge is 0.313 e. The number of nitrogens with one attached hydrogen (secondary N) is 1. The summed E-state index contributed by atoms with van der Waals surface area (Å²) in [6.45, 7) is 7.09. The normalized spacial score (nSPS) is 34.9. The number of esters is 1. The van der Waals surface area contributed by atoms with Gasteiger partial charge in [0.25, 0.3) is 0 Å². The lowest BCUT2D eigenvalue weighted by atomic mass is 9.74. The number of fused-ring (bicyclic) bond motifs is 2. The number of halogens is 1. The van der Waals surface area contributed by atoms with Crippen molar-refractivity contribution in [3.8, 4) is 0 Å². The molecular weight excluding hydrogens is 672 g/mol. The first-order chi connectivity index (χ1) is 22.7. The minimum Gasteiger partial charge on any atom is -0.455 e. The zero-order valence-electron chi connectivity index (χ0n) is 26.8. The molecule has 0 saturated carbocycles. The van der Waals surface area contributed by atoms with Gasteiger partial charge in [-0.15, -0.1) is 0 Å². The third-order valence-electron chi connectivity index (χ3n) is 9.96. The first kappa shape index (κ1) is 33.8. The number of rotatable bonds is 6. The van der Waals surface area contributed by atoms with E-state index >= 15 is 0 Å². The van der Waals surface area contributed by atoms with Crippen molar-refractivity contribution >= 4 is 39.6 Å². The molecule has 5 aliphatic heterocycles. The van der Waals surface area contributed by atoms with E-state index in [1.165, 1.54) is 4.90 Å². The van der Waals surface area contributed by atoms with Crippen molar-refractivity contribution in [3.63, 3.8) is 0 Å². The van der Waals surface area contributed by atoms with Crippen LogP contribution in [0, 0.1) is 11.8 Å². The fourth-order valence-electron chi connectivity index (χ4n) is 7.56. The van der Waals surface area contributed by atoms with Gasteiger partial charge in [-0.2, -0.15) is 0 Å². The average Bonchev–Trinajstić information content (AvgIpc) is 3.67. The van der Waals surface area contributed by atoms with Gasteiger partial charge in [-0.25, -0.2) is 0 Å². The highest BCUT2D eigenvalue weighted by Gasteiger charge is 2.75. The monoisotopic (exact) mass is 714 g/mol. The zero-order valence-corrected chi connectivity index (χ0v) is 28.3. The predicted octanol–water partition coefficient (Wildman–Crippen LogP) is 1.54. The lowest BCUT2D eigenvalue weighted by molar-refractivity contribution is -0.162. The summed E-state index contributed by atoms with van der Waals surface area (Å²) in [7, 11) is 0. The Morgan fingerprint density at radius 2 is 1.79 bits per heavy atom. The quantitative estimate of drug-likeness (QED) is 0.332. The first-order valence-electron chi connectivity index (χ1n) is 16.4. The van der Waals surface area contributed by atoms with Crippen LogP contribution in [-0.2, 0) is 33.4 Å². The van der Waals surface area contributed by atoms with E-state index in [0.29, 0.717) is 42.8 Å². The van der Waals surface area contributed by atoms with Gasteiger partial charge in [-0.1, -0.05) is 58.4 Å². The highest BCUT2D eigenvalue weighted by atomic mass is 79.9. The standard InChI is InChI=1S/C34H43BrN4O8/c1-21(20-40)39-30-32(43)38(14-13-37-15-17-45-18-16-37)12-8-4-7-11-25(41)36-22(2)28(23-9-5-3-6-10-23)46-33(44)26-27(31(39)42)34(30)19-24(35)29(26)47-34/h3-6,8-10,19,21-22,26-30,40H,7,11-18,20H2,1-2H3,(H,36,41)/b8-4-/t21-,22-,26+,27-,28+,29+,30+,34-/m1/s1. The van der Waals surface area contributed by atoms with Crippen molar-refractivity contribution in [2.75, 3.05) is 52.5 Å². The topological polar surface area (TPSA) is 138 Å². The second kappa shape index (κ2) is 14.2. The molecule has 3 amide bonds. The van der Waals surface area contributed by atoms with Gasteiger partial charge in [-0.05, 0) is 31.9 Å². The van der Waals surface area contributed by atoms with Crippen LogP contribution >= 0.6 is 15.9 Å². The van der Waals surface area contributed by atoms with E-state index in [-0.39, 0.29) is 31.4 Å². The van der Waals surface area contributed by atoms with Crippen LogP contribution in [0.3, 0.4) is 0 Å². The molecule has 5 heterocycles. The van der Waals surface area contributed by atoms with Gasteiger partial charge in [0.15, 0.2) is 0 Å². The summed E-state index contributed by atoms with van der Waals surface area (Å²) in [5, 5.41) is 13.3. The molecule has 6 rings (SSSR count). The average molecular weight is 716 g/mol. The van der Waals surface area contributed by atoms with Crippen LogP contribution in [0.1, 0.15) is 38.4 Å². The van der Waals surface area contributed by atoms with Crippen LogP contribution in [0.15, 0.2) is 53.0 Å². The summed E-state index contributed by atoms with van der Waals surface area (Å²) in [5.74, 6) is -3.72. The van der Waals surface area contributed by atoms with Gasteiger partial charge in [-0.3, -0.25) is 24.1 Å². The Bertz CT molecular complexity index is 1420. The summed E-state index contributed by atoms with van der Waals surface area (Å²) in [6, 6.07) is 6.76. The largest absolute Gasteiger partial charge is 0.455 e. The second-order valence-electron chi connectivity index (χ2n) is 13.0. The van der Waals surface area contributed by atoms with Gasteiger partial charge in [0, 0.05) is 43.6 Å². The maximum absolute atomic E-state index is 14.8. The highest BCUT2D eigenvalue weighted by molar-refractivity contribution is 9.11. The number of ether oxygens (including phenoxy) is 3. The third-order valence-corrected chi connectivity index (χ3v) is 10.6. The molecule has 1 spiro atoms. The van der Waals surface area contributed by atoms with Crippen LogP contribution < -0.4 is 5.32 Å². The summed E-state index contributed by atoms with van der Waals surface area (Å²) in [5.41, 5.74) is -0.751. The van der Waals surface area contributed by atoms with E-state index in [9.17, 15) is 24.3 Å². The molecule has 3 saturated heterocycles. The molecule has 13 heteroatoms. The van der Waals surface area contributed by atoms with E-state index in [4.69, 9.17) is 14.2 Å². The molecule has 1 aromatic rings. The number of aliphatic hydroxyl groups excluding tert-OH is 1. The van der Waals surface area contributed by atoms with Crippen molar-refractivity contribution < 1.29 is 38.5 Å². The summed E-state index contributed by atoms with van der Waals surface area (Å²) in [4.78, 5) is 61.8. The third kappa shape index (κ3) is 6.40. The number of carbonyl (C=O) groups excluding carboxylic acids is 4. The number of morpholine rings is 1. The molecule has 5 bridgehead atoms. The number of benzene rings is 1. The number of amides is 3. The molecule has 0 radical (unpaired) electrons. The summed E-state index contributed by atoms with van der Waals surface area (Å²) in [6.07, 6.45) is 4.51. The fraction of sp³-hybridized carbons (Fsp3) is 0.588. The highest BCUT2D eigenvalue weighted by Crippen LogP contribution is 2.59. The van der Waals surface area contributed by atoms with Crippen molar-refractivity contribution in [2.24, 2.45) is 11.8 Å². The van der Waals surface area contributed by atoms with E-state index in [1.54, 1.807) is 24.8 Å². The lowest BCUT2D eigenvalue weighted by Gasteiger charge is -2.38. The van der Waals surface area contributed by atoms with Crippen LogP contribution in [-0.4, -0.2) is 126 Å². The molecule has 12 nitrogen and oxygen atoms in total. The maximum atomic E-state index is 14.8. The Morgan fingerprint density at radius 3 is 2.51 bits per heavy atom. The Balaban J connectivity index is 1.40. The molecule has 1 aromatic carbocycles. The minimum absolute atomic E-state index is 0.195. The number of likely N-dealkylation sites (tertiary alicyclic amines) is 1.